The van der Waals surface area contributed by atoms with E-state index in [1.165, 1.54) is 24.0 Å². The predicted octanol–water partition coefficient (Wildman–Crippen LogP) is 2.47. The number of likely N-dealkylation sites (tertiary alicyclic amines) is 1. The zero-order valence-corrected chi connectivity index (χ0v) is 13.8. The summed E-state index contributed by atoms with van der Waals surface area (Å²) < 4.78 is 5.56. The molecule has 2 aliphatic heterocycles. The van der Waals surface area contributed by atoms with E-state index in [2.05, 4.69) is 40.3 Å². The minimum atomic E-state index is 0.830. The lowest BCUT2D eigenvalue weighted by atomic mass is 9.99. The smallest absolute Gasteiger partial charge is 0.193 e. The first-order chi connectivity index (χ1) is 10.8. The van der Waals surface area contributed by atoms with Crippen LogP contribution >= 0.6 is 0 Å². The van der Waals surface area contributed by atoms with Crippen molar-refractivity contribution in [2.24, 2.45) is 10.9 Å². The first-order valence-corrected chi connectivity index (χ1v) is 8.46. The summed E-state index contributed by atoms with van der Waals surface area (Å²) >= 11 is 0. The van der Waals surface area contributed by atoms with Gasteiger partial charge >= 0.3 is 0 Å². The van der Waals surface area contributed by atoms with Crippen molar-refractivity contribution in [3.63, 3.8) is 0 Å². The Labute approximate surface area is 133 Å². The Morgan fingerprint density at radius 3 is 2.95 bits per heavy atom. The molecule has 0 bridgehead atoms. The molecule has 120 valence electrons. The van der Waals surface area contributed by atoms with Gasteiger partial charge in [0.15, 0.2) is 5.96 Å². The maximum absolute atomic E-state index is 5.56. The van der Waals surface area contributed by atoms with Crippen LogP contribution in [-0.2, 0) is 12.8 Å². The van der Waals surface area contributed by atoms with Gasteiger partial charge in [-0.1, -0.05) is 19.1 Å². The highest BCUT2D eigenvalue weighted by Crippen LogP contribution is 2.25. The molecule has 4 nitrogen and oxygen atoms in total. The maximum atomic E-state index is 5.56. The van der Waals surface area contributed by atoms with Crippen LogP contribution in [0.4, 0.5) is 0 Å². The number of nitrogens with one attached hydrogen (secondary N) is 1. The number of piperidine rings is 1. The van der Waals surface area contributed by atoms with E-state index in [0.29, 0.717) is 0 Å². The average molecular weight is 301 g/mol. The Morgan fingerprint density at radius 2 is 2.18 bits per heavy atom. The second kappa shape index (κ2) is 7.03. The molecule has 1 saturated heterocycles. The highest BCUT2D eigenvalue weighted by atomic mass is 16.5. The highest BCUT2D eigenvalue weighted by molar-refractivity contribution is 5.79. The zero-order valence-electron chi connectivity index (χ0n) is 13.8. The molecule has 1 aromatic carbocycles. The van der Waals surface area contributed by atoms with Gasteiger partial charge in [0.05, 0.1) is 6.61 Å². The van der Waals surface area contributed by atoms with Gasteiger partial charge in [-0.25, -0.2) is 0 Å². The maximum Gasteiger partial charge on any atom is 0.193 e. The van der Waals surface area contributed by atoms with Crippen LogP contribution in [0.25, 0.3) is 0 Å². The first-order valence-electron chi connectivity index (χ1n) is 8.46. The second-order valence-corrected chi connectivity index (χ2v) is 6.43. The molecule has 0 aliphatic carbocycles. The van der Waals surface area contributed by atoms with Gasteiger partial charge in [0.2, 0.25) is 0 Å². The number of ether oxygens (including phenoxy) is 1. The molecule has 0 aromatic heterocycles. The number of nitrogens with zero attached hydrogens (tertiary/aromatic N) is 2. The largest absolute Gasteiger partial charge is 0.493 e. The minimum Gasteiger partial charge on any atom is -0.493 e. The van der Waals surface area contributed by atoms with Crippen LogP contribution in [0.15, 0.2) is 23.2 Å². The normalized spacial score (nSPS) is 19.0. The third kappa shape index (κ3) is 3.54. The van der Waals surface area contributed by atoms with Crippen LogP contribution in [0, 0.1) is 5.92 Å². The Morgan fingerprint density at radius 1 is 1.36 bits per heavy atom. The van der Waals surface area contributed by atoms with Gasteiger partial charge < -0.3 is 15.0 Å². The van der Waals surface area contributed by atoms with Crippen molar-refractivity contribution >= 4 is 5.96 Å². The zero-order chi connectivity index (χ0) is 15.4. The Bertz CT molecular complexity index is 533. The fraction of sp³-hybridized carbons (Fsp3) is 0.611. The number of hydrogen-bond acceptors (Lipinski definition) is 2. The molecule has 2 aliphatic rings. The molecule has 0 atom stereocenters. The molecule has 2 heterocycles. The summed E-state index contributed by atoms with van der Waals surface area (Å²) in [5.41, 5.74) is 2.73. The van der Waals surface area contributed by atoms with Gasteiger partial charge in [0.1, 0.15) is 5.75 Å². The third-order valence-electron chi connectivity index (χ3n) is 4.75. The van der Waals surface area contributed by atoms with Crippen molar-refractivity contribution in [3.05, 3.63) is 29.3 Å². The number of aliphatic imine (C=N–C) groups is 1. The SMILES string of the molecule is CN=C(NCCc1ccc2c(c1)CCO2)N1CCC(C)CC1. The van der Waals surface area contributed by atoms with Crippen molar-refractivity contribution in [2.75, 3.05) is 33.3 Å². The van der Waals surface area contributed by atoms with Crippen molar-refractivity contribution < 1.29 is 4.74 Å². The minimum absolute atomic E-state index is 0.830. The Hall–Kier alpha value is -1.71. The van der Waals surface area contributed by atoms with Crippen LogP contribution in [0.3, 0.4) is 0 Å². The second-order valence-electron chi connectivity index (χ2n) is 6.43. The van der Waals surface area contributed by atoms with Crippen LogP contribution < -0.4 is 10.1 Å². The van der Waals surface area contributed by atoms with Gasteiger partial charge in [-0.15, -0.1) is 0 Å². The summed E-state index contributed by atoms with van der Waals surface area (Å²) in [5, 5.41) is 3.51. The monoisotopic (exact) mass is 301 g/mol. The molecular weight excluding hydrogens is 274 g/mol. The molecule has 0 radical (unpaired) electrons. The topological polar surface area (TPSA) is 36.9 Å². The fourth-order valence-electron chi connectivity index (χ4n) is 3.27. The van der Waals surface area contributed by atoms with Gasteiger partial charge in [-0.2, -0.15) is 0 Å². The standard InChI is InChI=1S/C18H27N3O/c1-14-6-10-21(11-7-14)18(19-2)20-9-5-15-3-4-17-16(13-15)8-12-22-17/h3-4,13-14H,5-12H2,1-2H3,(H,19,20). The molecule has 0 saturated carbocycles. The molecule has 22 heavy (non-hydrogen) atoms. The van der Waals surface area contributed by atoms with E-state index in [1.54, 1.807) is 0 Å². The highest BCUT2D eigenvalue weighted by Gasteiger charge is 2.18. The van der Waals surface area contributed by atoms with Crippen LogP contribution in [-0.4, -0.2) is 44.1 Å². The van der Waals surface area contributed by atoms with Gasteiger partial charge in [-0.05, 0) is 42.4 Å². The number of guanidine groups is 1. The Balaban J connectivity index is 1.49. The number of rotatable bonds is 3. The number of fused-ring (bicyclic) bond motifs is 1. The summed E-state index contributed by atoms with van der Waals surface area (Å²) in [6, 6.07) is 6.57. The van der Waals surface area contributed by atoms with Crippen molar-refractivity contribution in [1.82, 2.24) is 10.2 Å². The van der Waals surface area contributed by atoms with E-state index < -0.39 is 0 Å². The van der Waals surface area contributed by atoms with Crippen LogP contribution in [0.5, 0.6) is 5.75 Å². The van der Waals surface area contributed by atoms with Crippen LogP contribution in [0.1, 0.15) is 30.9 Å². The summed E-state index contributed by atoms with van der Waals surface area (Å²) in [4.78, 5) is 6.82. The summed E-state index contributed by atoms with van der Waals surface area (Å²) in [6.07, 6.45) is 4.61. The molecule has 0 amide bonds. The average Bonchev–Trinajstić information content (AvgIpc) is 3.00. The molecule has 0 unspecified atom stereocenters. The molecular formula is C18H27N3O. The van der Waals surface area contributed by atoms with Gasteiger partial charge in [0, 0.05) is 33.1 Å². The summed E-state index contributed by atoms with van der Waals surface area (Å²) in [7, 11) is 1.88. The van der Waals surface area contributed by atoms with E-state index in [-0.39, 0.29) is 0 Å². The lowest BCUT2D eigenvalue weighted by Gasteiger charge is -2.32. The quantitative estimate of drug-likeness (QED) is 0.688. The third-order valence-corrected chi connectivity index (χ3v) is 4.75. The molecule has 1 fully saturated rings. The Kier molecular flexibility index (Phi) is 4.86. The van der Waals surface area contributed by atoms with Gasteiger partial charge in [0.25, 0.3) is 0 Å². The van der Waals surface area contributed by atoms with E-state index in [9.17, 15) is 0 Å². The van der Waals surface area contributed by atoms with E-state index >= 15 is 0 Å². The number of hydrogen-bond donors (Lipinski definition) is 1. The summed E-state index contributed by atoms with van der Waals surface area (Å²) in [6.45, 7) is 6.34. The molecule has 0 spiro atoms. The van der Waals surface area contributed by atoms with Crippen LogP contribution in [0.2, 0.25) is 0 Å². The number of benzene rings is 1. The van der Waals surface area contributed by atoms with E-state index in [0.717, 1.165) is 56.7 Å². The first kappa shape index (κ1) is 15.2. The molecule has 1 N–H and O–H groups in total. The van der Waals surface area contributed by atoms with E-state index in [4.69, 9.17) is 4.74 Å². The van der Waals surface area contributed by atoms with E-state index in [1.807, 2.05) is 7.05 Å². The molecule has 1 aromatic rings. The van der Waals surface area contributed by atoms with Crippen molar-refractivity contribution in [2.45, 2.75) is 32.6 Å². The lowest BCUT2D eigenvalue weighted by molar-refractivity contribution is 0.273. The molecule has 3 rings (SSSR count). The van der Waals surface area contributed by atoms with Gasteiger partial charge in [-0.3, -0.25) is 4.99 Å². The lowest BCUT2D eigenvalue weighted by Crippen LogP contribution is -2.45. The predicted molar refractivity (Wildman–Crippen MR) is 90.7 cm³/mol. The molecule has 4 heteroatoms. The summed E-state index contributed by atoms with van der Waals surface area (Å²) in [5.74, 6) is 2.97. The van der Waals surface area contributed by atoms with Crippen molar-refractivity contribution in [1.29, 1.82) is 0 Å². The van der Waals surface area contributed by atoms with Crippen molar-refractivity contribution in [3.8, 4) is 5.75 Å². The fourth-order valence-corrected chi connectivity index (χ4v) is 3.27.